The van der Waals surface area contributed by atoms with Crippen molar-refractivity contribution in [1.29, 1.82) is 0 Å². The van der Waals surface area contributed by atoms with Crippen LogP contribution in [-0.4, -0.2) is 0 Å². The highest BCUT2D eigenvalue weighted by Gasteiger charge is 2.09. The predicted molar refractivity (Wildman–Crippen MR) is 277 cm³/mol. The number of aromatic nitrogens is 1. The largest absolute Gasteiger partial charge is 0.205 e. The highest BCUT2D eigenvalue weighted by Crippen LogP contribution is 2.19. The van der Waals surface area contributed by atoms with E-state index >= 15 is 0 Å². The van der Waals surface area contributed by atoms with Crippen LogP contribution in [0.5, 0.6) is 0 Å². The van der Waals surface area contributed by atoms with Gasteiger partial charge in [0.2, 0.25) is 0 Å². The Morgan fingerprint density at radius 3 is 0.623 bits per heavy atom. The first-order chi connectivity index (χ1) is 30.3. The summed E-state index contributed by atoms with van der Waals surface area (Å²) in [6.45, 7) is 8.17. The molecule has 0 aliphatic carbocycles. The molecule has 360 valence electrons. The van der Waals surface area contributed by atoms with Crippen LogP contribution in [-0.2, 0) is 19.4 Å². The van der Waals surface area contributed by atoms with Crippen molar-refractivity contribution >= 4 is 0 Å². The first-order valence-electron chi connectivity index (χ1n) is 29.3. The Labute approximate surface area is 387 Å². The van der Waals surface area contributed by atoms with Crippen LogP contribution in [0.1, 0.15) is 347 Å². The number of nitrogens with zero attached hydrogens (tertiary/aromatic N) is 1. The van der Waals surface area contributed by atoms with Crippen LogP contribution in [0, 0.1) is 0 Å². The molecule has 61 heavy (non-hydrogen) atoms. The average molecular weight is 852 g/mol. The first kappa shape index (κ1) is 58.2. The van der Waals surface area contributed by atoms with E-state index in [9.17, 15) is 0 Å². The van der Waals surface area contributed by atoms with Crippen LogP contribution < -0.4 is 4.57 Å². The molecule has 1 heterocycles. The molecule has 0 atom stereocenters. The van der Waals surface area contributed by atoms with E-state index in [1.54, 1.807) is 11.1 Å². The van der Waals surface area contributed by atoms with Crippen molar-refractivity contribution < 1.29 is 4.57 Å². The third kappa shape index (κ3) is 44.1. The fourth-order valence-corrected chi connectivity index (χ4v) is 9.95. The van der Waals surface area contributed by atoms with Crippen molar-refractivity contribution in [3.05, 3.63) is 29.6 Å². The fraction of sp³-hybridized carbons (Fsp3) is 0.917. The van der Waals surface area contributed by atoms with Crippen molar-refractivity contribution in [2.45, 2.75) is 355 Å². The van der Waals surface area contributed by atoms with Crippen molar-refractivity contribution in [3.8, 4) is 0 Å². The van der Waals surface area contributed by atoms with Crippen LogP contribution in [0.25, 0.3) is 0 Å². The van der Waals surface area contributed by atoms with E-state index in [1.165, 1.54) is 334 Å². The monoisotopic (exact) mass is 851 g/mol. The Morgan fingerprint density at radius 1 is 0.230 bits per heavy atom. The molecule has 0 aliphatic rings. The number of unbranched alkanes of at least 4 members (excludes halogenated alkanes) is 46. The summed E-state index contributed by atoms with van der Waals surface area (Å²) in [4.78, 5) is 0. The fourth-order valence-electron chi connectivity index (χ4n) is 9.95. The van der Waals surface area contributed by atoms with Gasteiger partial charge in [0.05, 0.1) is 0 Å². The lowest BCUT2D eigenvalue weighted by atomic mass is 10.0. The minimum Gasteiger partial charge on any atom is -0.205 e. The van der Waals surface area contributed by atoms with E-state index in [1.807, 2.05) is 0 Å². The molecule has 0 fully saturated rings. The summed E-state index contributed by atoms with van der Waals surface area (Å²) >= 11 is 0. The van der Waals surface area contributed by atoms with E-state index in [0.29, 0.717) is 0 Å². The second-order valence-corrected chi connectivity index (χ2v) is 20.6. The van der Waals surface area contributed by atoms with Gasteiger partial charge >= 0.3 is 0 Å². The Kier molecular flexibility index (Phi) is 47.8. The normalized spacial score (nSPS) is 11.7. The molecular formula is C60H116N+. The molecule has 0 saturated heterocycles. The predicted octanol–water partition coefficient (Wildman–Crippen LogP) is 21.2. The quantitative estimate of drug-likeness (QED) is 0.0454. The Hall–Kier alpha value is -0.850. The highest BCUT2D eigenvalue weighted by atomic mass is 14.9. The number of hydrogen-bond acceptors (Lipinski definition) is 0. The number of hydrogen-bond donors (Lipinski definition) is 0. The molecule has 1 aromatic rings. The van der Waals surface area contributed by atoms with Gasteiger partial charge in [-0.1, -0.05) is 310 Å². The van der Waals surface area contributed by atoms with Crippen LogP contribution >= 0.6 is 0 Å². The summed E-state index contributed by atoms with van der Waals surface area (Å²) in [6.07, 6.45) is 78.7. The molecule has 0 aliphatic heterocycles. The lowest BCUT2D eigenvalue weighted by molar-refractivity contribution is -0.698. The topological polar surface area (TPSA) is 3.88 Å². The molecule has 1 nitrogen and oxygen atoms in total. The number of aryl methyl sites for hydroxylation is 3. The minimum atomic E-state index is 1.22. The van der Waals surface area contributed by atoms with Gasteiger partial charge in [0.15, 0.2) is 12.4 Å². The lowest BCUT2D eigenvalue weighted by Gasteiger charge is -2.08. The van der Waals surface area contributed by atoms with Gasteiger partial charge in [0, 0.05) is 17.5 Å². The van der Waals surface area contributed by atoms with E-state index in [4.69, 9.17) is 0 Å². The zero-order chi connectivity index (χ0) is 43.6. The van der Waals surface area contributed by atoms with E-state index in [-0.39, 0.29) is 0 Å². The van der Waals surface area contributed by atoms with Crippen LogP contribution in [0.15, 0.2) is 18.5 Å². The van der Waals surface area contributed by atoms with E-state index in [0.717, 1.165) is 0 Å². The molecular weight excluding hydrogens is 735 g/mol. The zero-order valence-electron chi connectivity index (χ0n) is 42.9. The molecule has 0 spiro atoms. The minimum absolute atomic E-state index is 1.22. The van der Waals surface area contributed by atoms with Crippen LogP contribution in [0.2, 0.25) is 0 Å². The van der Waals surface area contributed by atoms with E-state index in [2.05, 4.69) is 43.8 Å². The van der Waals surface area contributed by atoms with Gasteiger partial charge in [0.1, 0.15) is 6.54 Å². The average Bonchev–Trinajstić information content (AvgIpc) is 3.27. The molecule has 0 unspecified atom stereocenters. The molecule has 0 bridgehead atoms. The van der Waals surface area contributed by atoms with Crippen molar-refractivity contribution in [2.24, 2.45) is 0 Å². The number of rotatable bonds is 52. The van der Waals surface area contributed by atoms with Crippen molar-refractivity contribution in [1.82, 2.24) is 0 Å². The standard InChI is InChI=1S/C60H116N/c1-4-7-10-13-16-19-22-25-28-30-32-35-38-41-44-47-50-53-59-56-60(54-51-48-45-42-39-36-33-31-29-26-23-20-17-14-11-8-5-2)58-61(57-59)55-52-49-46-43-40-37-34-27-24-21-18-15-12-9-6-3/h56-58H,4-55H2,1-3H3/q+1. The molecule has 1 aromatic heterocycles. The Balaban J connectivity index is 2.26. The maximum Gasteiger partial charge on any atom is 0.171 e. The molecule has 0 radical (unpaired) electrons. The van der Waals surface area contributed by atoms with Crippen LogP contribution in [0.4, 0.5) is 0 Å². The summed E-state index contributed by atoms with van der Waals surface area (Å²) in [5, 5.41) is 0. The summed E-state index contributed by atoms with van der Waals surface area (Å²) in [6, 6.07) is 2.60. The highest BCUT2D eigenvalue weighted by molar-refractivity contribution is 5.15. The van der Waals surface area contributed by atoms with E-state index < -0.39 is 0 Å². The second kappa shape index (κ2) is 50.2. The first-order valence-corrected chi connectivity index (χ1v) is 29.3. The van der Waals surface area contributed by atoms with Gasteiger partial charge in [-0.25, -0.2) is 4.57 Å². The van der Waals surface area contributed by atoms with Gasteiger partial charge in [-0.15, -0.1) is 0 Å². The third-order valence-corrected chi connectivity index (χ3v) is 14.2. The zero-order valence-corrected chi connectivity index (χ0v) is 42.9. The Morgan fingerprint density at radius 2 is 0.410 bits per heavy atom. The SMILES string of the molecule is CCCCCCCCCCCCCCCCCCCc1cc(CCCCCCCCCCCCCCCCCCC)c[n+](CCCCCCCCCCCCCCCCC)c1. The van der Waals surface area contributed by atoms with Crippen molar-refractivity contribution in [3.63, 3.8) is 0 Å². The summed E-state index contributed by atoms with van der Waals surface area (Å²) in [5.74, 6) is 0. The summed E-state index contributed by atoms with van der Waals surface area (Å²) < 4.78 is 2.61. The smallest absolute Gasteiger partial charge is 0.171 e. The molecule has 0 amide bonds. The molecule has 1 heteroatoms. The second-order valence-electron chi connectivity index (χ2n) is 20.6. The van der Waals surface area contributed by atoms with Crippen LogP contribution in [0.3, 0.4) is 0 Å². The maximum atomic E-state index is 2.61. The molecule has 0 saturated carbocycles. The molecule has 0 aromatic carbocycles. The molecule has 0 N–H and O–H groups in total. The third-order valence-electron chi connectivity index (χ3n) is 14.2. The van der Waals surface area contributed by atoms with Gasteiger partial charge in [-0.05, 0) is 38.2 Å². The van der Waals surface area contributed by atoms with Gasteiger partial charge in [-0.2, -0.15) is 0 Å². The van der Waals surface area contributed by atoms with Crippen molar-refractivity contribution in [2.75, 3.05) is 0 Å². The van der Waals surface area contributed by atoms with Gasteiger partial charge in [-0.3, -0.25) is 0 Å². The molecule has 1 rings (SSSR count). The summed E-state index contributed by atoms with van der Waals surface area (Å²) in [7, 11) is 0. The maximum absolute atomic E-state index is 2.61. The van der Waals surface area contributed by atoms with Gasteiger partial charge < -0.3 is 0 Å². The Bertz CT molecular complexity index is 894. The number of pyridine rings is 1. The van der Waals surface area contributed by atoms with Gasteiger partial charge in [0.25, 0.3) is 0 Å². The summed E-state index contributed by atoms with van der Waals surface area (Å²) in [5.41, 5.74) is 3.23. The lowest BCUT2D eigenvalue weighted by Crippen LogP contribution is -2.34.